The zero-order chi connectivity index (χ0) is 17.2. The third-order valence-electron chi connectivity index (χ3n) is 3.55. The minimum absolute atomic E-state index is 0.293. The molecule has 0 fully saturated rings. The number of benzene rings is 1. The van der Waals surface area contributed by atoms with Gasteiger partial charge in [0.05, 0.1) is 0 Å². The number of ether oxygens (including phenoxy) is 2. The van der Waals surface area contributed by atoms with Gasteiger partial charge in [0, 0.05) is 12.8 Å². The Hall–Kier alpha value is -1.84. The van der Waals surface area contributed by atoms with Crippen molar-refractivity contribution in [3.63, 3.8) is 0 Å². The zero-order valence-corrected chi connectivity index (χ0v) is 14.7. The molecule has 0 saturated carbocycles. The summed E-state index contributed by atoms with van der Waals surface area (Å²) in [7, 11) is 0. The predicted octanol–water partition coefficient (Wildman–Crippen LogP) is 5.00. The van der Waals surface area contributed by atoms with Gasteiger partial charge in [0.25, 0.3) is 0 Å². The van der Waals surface area contributed by atoms with E-state index in [1.165, 1.54) is 0 Å². The third kappa shape index (κ3) is 6.85. The molecule has 4 nitrogen and oxygen atoms in total. The van der Waals surface area contributed by atoms with Crippen LogP contribution in [0.3, 0.4) is 0 Å². The first-order valence-electron chi connectivity index (χ1n) is 8.53. The molecule has 0 aliphatic heterocycles. The number of rotatable bonds is 9. The second-order valence-corrected chi connectivity index (χ2v) is 6.02. The third-order valence-corrected chi connectivity index (χ3v) is 3.55. The Morgan fingerprint density at radius 2 is 1.43 bits per heavy atom. The summed E-state index contributed by atoms with van der Waals surface area (Å²) >= 11 is 0. The van der Waals surface area contributed by atoms with Crippen LogP contribution in [-0.2, 0) is 9.59 Å². The normalized spacial score (nSPS) is 10.7. The topological polar surface area (TPSA) is 52.6 Å². The van der Waals surface area contributed by atoms with Crippen LogP contribution in [0.25, 0.3) is 0 Å². The molecule has 4 heteroatoms. The summed E-state index contributed by atoms with van der Waals surface area (Å²) in [5.41, 5.74) is 1.04. The van der Waals surface area contributed by atoms with Gasteiger partial charge < -0.3 is 9.47 Å². The number of unbranched alkanes of at least 4 members (excludes halogenated alkanes) is 2. The van der Waals surface area contributed by atoms with Crippen LogP contribution in [0.15, 0.2) is 18.2 Å². The lowest BCUT2D eigenvalue weighted by Crippen LogP contribution is -2.12. The maximum Gasteiger partial charge on any atom is 0.311 e. The highest BCUT2D eigenvalue weighted by atomic mass is 16.6. The van der Waals surface area contributed by atoms with Crippen LogP contribution >= 0.6 is 0 Å². The monoisotopic (exact) mass is 320 g/mol. The van der Waals surface area contributed by atoms with Crippen molar-refractivity contribution in [2.24, 2.45) is 0 Å². The molecule has 23 heavy (non-hydrogen) atoms. The number of carbonyl (C=O) groups excluding carboxylic acids is 2. The first-order valence-corrected chi connectivity index (χ1v) is 8.53. The zero-order valence-electron chi connectivity index (χ0n) is 14.7. The molecule has 0 aromatic heterocycles. The molecule has 0 spiro atoms. The van der Waals surface area contributed by atoms with Gasteiger partial charge in [-0.2, -0.15) is 0 Å². The summed E-state index contributed by atoms with van der Waals surface area (Å²) in [6.45, 7) is 8.16. The van der Waals surface area contributed by atoms with E-state index in [0.717, 1.165) is 31.2 Å². The van der Waals surface area contributed by atoms with Crippen molar-refractivity contribution >= 4 is 11.9 Å². The van der Waals surface area contributed by atoms with E-state index in [2.05, 4.69) is 13.8 Å². The maximum absolute atomic E-state index is 11.9. The van der Waals surface area contributed by atoms with Crippen LogP contribution in [0.1, 0.15) is 77.7 Å². The fourth-order valence-corrected chi connectivity index (χ4v) is 2.04. The Morgan fingerprint density at radius 1 is 0.913 bits per heavy atom. The van der Waals surface area contributed by atoms with Crippen molar-refractivity contribution < 1.29 is 19.1 Å². The van der Waals surface area contributed by atoms with Crippen molar-refractivity contribution in [2.75, 3.05) is 0 Å². The van der Waals surface area contributed by atoms with E-state index >= 15 is 0 Å². The maximum atomic E-state index is 11.9. The molecular weight excluding hydrogens is 292 g/mol. The second-order valence-electron chi connectivity index (χ2n) is 6.02. The van der Waals surface area contributed by atoms with E-state index in [9.17, 15) is 9.59 Å². The molecule has 0 N–H and O–H groups in total. The number of hydrogen-bond acceptors (Lipinski definition) is 4. The minimum atomic E-state index is -0.296. The smallest absolute Gasteiger partial charge is 0.311 e. The number of esters is 2. The summed E-state index contributed by atoms with van der Waals surface area (Å²) < 4.78 is 10.8. The minimum Gasteiger partial charge on any atom is -0.423 e. The first-order chi connectivity index (χ1) is 11.0. The molecule has 0 radical (unpaired) electrons. The molecule has 0 atom stereocenters. The fraction of sp³-hybridized carbons (Fsp3) is 0.579. The van der Waals surface area contributed by atoms with Crippen molar-refractivity contribution in [1.29, 1.82) is 0 Å². The molecule has 0 heterocycles. The van der Waals surface area contributed by atoms with Gasteiger partial charge in [-0.05, 0) is 36.5 Å². The molecule has 1 aromatic rings. The number of hydrogen-bond donors (Lipinski definition) is 0. The molecule has 128 valence electrons. The number of carbonyl (C=O) groups is 2. The van der Waals surface area contributed by atoms with Gasteiger partial charge in [0.15, 0.2) is 11.5 Å². The Morgan fingerprint density at radius 3 is 1.91 bits per heavy atom. The predicted molar refractivity (Wildman–Crippen MR) is 90.9 cm³/mol. The summed E-state index contributed by atoms with van der Waals surface area (Å²) in [5, 5.41) is 0. The largest absolute Gasteiger partial charge is 0.423 e. The van der Waals surface area contributed by atoms with Gasteiger partial charge in [-0.3, -0.25) is 9.59 Å². The average Bonchev–Trinajstić information content (AvgIpc) is 2.52. The molecule has 0 aliphatic rings. The second kappa shape index (κ2) is 10.0. The first kappa shape index (κ1) is 19.2. The van der Waals surface area contributed by atoms with E-state index in [1.54, 1.807) is 12.1 Å². The lowest BCUT2D eigenvalue weighted by Gasteiger charge is -2.13. The van der Waals surface area contributed by atoms with E-state index < -0.39 is 0 Å². The van der Waals surface area contributed by atoms with Crippen LogP contribution in [0.4, 0.5) is 0 Å². The molecule has 0 bridgehead atoms. The molecule has 0 amide bonds. The summed E-state index contributed by atoms with van der Waals surface area (Å²) in [6, 6.07) is 5.40. The summed E-state index contributed by atoms with van der Waals surface area (Å²) in [5.74, 6) is 0.365. The van der Waals surface area contributed by atoms with Crippen molar-refractivity contribution in [3.05, 3.63) is 23.8 Å². The van der Waals surface area contributed by atoms with Gasteiger partial charge >= 0.3 is 11.9 Å². The van der Waals surface area contributed by atoms with Gasteiger partial charge in [-0.15, -0.1) is 0 Å². The van der Waals surface area contributed by atoms with Crippen LogP contribution in [0.2, 0.25) is 0 Å². The Labute approximate surface area is 139 Å². The average molecular weight is 320 g/mol. The highest BCUT2D eigenvalue weighted by Gasteiger charge is 2.15. The fourth-order valence-electron chi connectivity index (χ4n) is 2.04. The lowest BCUT2D eigenvalue weighted by molar-refractivity contribution is -0.137. The van der Waals surface area contributed by atoms with E-state index in [1.807, 2.05) is 19.9 Å². The lowest BCUT2D eigenvalue weighted by atomic mass is 10.0. The molecular formula is C19H28O4. The highest BCUT2D eigenvalue weighted by molar-refractivity contribution is 5.76. The van der Waals surface area contributed by atoms with Crippen molar-refractivity contribution in [1.82, 2.24) is 0 Å². The molecule has 1 aromatic carbocycles. The van der Waals surface area contributed by atoms with Crippen molar-refractivity contribution in [2.45, 2.75) is 72.1 Å². The van der Waals surface area contributed by atoms with Crippen molar-refractivity contribution in [3.8, 4) is 11.5 Å². The van der Waals surface area contributed by atoms with Crippen LogP contribution in [0, 0.1) is 0 Å². The van der Waals surface area contributed by atoms with Gasteiger partial charge in [0.2, 0.25) is 0 Å². The Balaban J connectivity index is 2.90. The van der Waals surface area contributed by atoms with Crippen LogP contribution in [-0.4, -0.2) is 11.9 Å². The molecule has 0 aliphatic carbocycles. The van der Waals surface area contributed by atoms with Gasteiger partial charge in [-0.25, -0.2) is 0 Å². The SMILES string of the molecule is CCCCC(=O)Oc1ccc(C(C)C)cc1OC(=O)CCCC. The Bertz CT molecular complexity index is 520. The summed E-state index contributed by atoms with van der Waals surface area (Å²) in [4.78, 5) is 23.7. The molecule has 0 saturated heterocycles. The Kier molecular flexibility index (Phi) is 8.38. The van der Waals surface area contributed by atoms with Crippen LogP contribution in [0.5, 0.6) is 11.5 Å². The van der Waals surface area contributed by atoms with Gasteiger partial charge in [0.1, 0.15) is 0 Å². The molecule has 0 unspecified atom stereocenters. The van der Waals surface area contributed by atoms with Crippen LogP contribution < -0.4 is 9.47 Å². The van der Waals surface area contributed by atoms with E-state index in [0.29, 0.717) is 30.3 Å². The summed E-state index contributed by atoms with van der Waals surface area (Å²) in [6.07, 6.45) is 4.17. The standard InChI is InChI=1S/C19H28O4/c1-5-7-9-18(20)22-16-12-11-15(14(3)4)13-17(16)23-19(21)10-8-6-2/h11-14H,5-10H2,1-4H3. The molecule has 1 rings (SSSR count). The quantitative estimate of drug-likeness (QED) is 0.474. The van der Waals surface area contributed by atoms with Gasteiger partial charge in [-0.1, -0.05) is 46.6 Å². The van der Waals surface area contributed by atoms with E-state index in [-0.39, 0.29) is 11.9 Å². The van der Waals surface area contributed by atoms with E-state index in [4.69, 9.17) is 9.47 Å². The highest BCUT2D eigenvalue weighted by Crippen LogP contribution is 2.32.